The second-order valence-electron chi connectivity index (χ2n) is 2.85. The van der Waals surface area contributed by atoms with Crippen molar-refractivity contribution in [3.8, 4) is 5.75 Å². The molecule has 1 aromatic carbocycles. The summed E-state index contributed by atoms with van der Waals surface area (Å²) in [5, 5.41) is 2.81. The van der Waals surface area contributed by atoms with Crippen LogP contribution in [0, 0.1) is 0 Å². The zero-order valence-corrected chi connectivity index (χ0v) is 11.4. The molecule has 0 aliphatic heterocycles. The van der Waals surface area contributed by atoms with Gasteiger partial charge in [-0.25, -0.2) is 0 Å². The van der Waals surface area contributed by atoms with Crippen LogP contribution in [0.1, 0.15) is 6.92 Å². The lowest BCUT2D eigenvalue weighted by atomic mass is 10.2. The zero-order chi connectivity index (χ0) is 12.5. The van der Waals surface area contributed by atoms with E-state index in [4.69, 9.17) is 51.1 Å². The number of benzene rings is 1. The molecule has 16 heavy (non-hydrogen) atoms. The highest BCUT2D eigenvalue weighted by molar-refractivity contribution is 6.53. The Labute approximate surface area is 113 Å². The number of methoxy groups -OCH3 is 1. The normalized spacial score (nSPS) is 10.1. The van der Waals surface area contributed by atoms with E-state index in [0.29, 0.717) is 0 Å². The van der Waals surface area contributed by atoms with Crippen LogP contribution in [0.15, 0.2) is 0 Å². The van der Waals surface area contributed by atoms with Crippen LogP contribution < -0.4 is 10.1 Å². The third-order valence-corrected chi connectivity index (χ3v) is 3.51. The molecule has 0 spiro atoms. The molecular weight excluding hydrogens is 296 g/mol. The molecule has 7 heteroatoms. The number of carbonyl (C=O) groups is 1. The number of anilines is 1. The highest BCUT2D eigenvalue weighted by Gasteiger charge is 2.21. The Bertz CT molecular complexity index is 448. The fraction of sp³-hybridized carbons (Fsp3) is 0.222. The number of rotatable bonds is 2. The first-order valence-electron chi connectivity index (χ1n) is 4.07. The SMILES string of the molecule is COc1c(Cl)c(Cl)c(Cl)c(Cl)c1NC(C)=O. The highest BCUT2D eigenvalue weighted by atomic mass is 35.5. The van der Waals surface area contributed by atoms with Gasteiger partial charge in [0.05, 0.1) is 22.2 Å². The van der Waals surface area contributed by atoms with Gasteiger partial charge in [0.15, 0.2) is 5.75 Å². The van der Waals surface area contributed by atoms with E-state index in [0.717, 1.165) is 0 Å². The second-order valence-corrected chi connectivity index (χ2v) is 4.36. The summed E-state index contributed by atoms with van der Waals surface area (Å²) >= 11 is 23.5. The second kappa shape index (κ2) is 5.32. The largest absolute Gasteiger partial charge is 0.493 e. The van der Waals surface area contributed by atoms with E-state index in [1.165, 1.54) is 14.0 Å². The minimum Gasteiger partial charge on any atom is -0.493 e. The summed E-state index contributed by atoms with van der Waals surface area (Å²) in [4.78, 5) is 11.0. The van der Waals surface area contributed by atoms with Crippen molar-refractivity contribution in [2.24, 2.45) is 0 Å². The first-order chi connectivity index (χ1) is 7.40. The van der Waals surface area contributed by atoms with E-state index >= 15 is 0 Å². The molecule has 0 unspecified atom stereocenters. The molecule has 1 N–H and O–H groups in total. The van der Waals surface area contributed by atoms with Gasteiger partial charge in [-0.05, 0) is 0 Å². The van der Waals surface area contributed by atoms with E-state index in [1.807, 2.05) is 0 Å². The van der Waals surface area contributed by atoms with Crippen molar-refractivity contribution in [2.45, 2.75) is 6.92 Å². The summed E-state index contributed by atoms with van der Waals surface area (Å²) in [6.07, 6.45) is 0. The van der Waals surface area contributed by atoms with E-state index in [9.17, 15) is 4.79 Å². The Morgan fingerprint density at radius 3 is 2.00 bits per heavy atom. The summed E-state index contributed by atoms with van der Waals surface area (Å²) in [5.41, 5.74) is 0.205. The summed E-state index contributed by atoms with van der Waals surface area (Å²) in [6.45, 7) is 1.33. The van der Waals surface area contributed by atoms with Crippen LogP contribution >= 0.6 is 46.4 Å². The third kappa shape index (κ3) is 2.48. The number of halogens is 4. The van der Waals surface area contributed by atoms with Crippen molar-refractivity contribution in [3.05, 3.63) is 20.1 Å². The molecule has 1 amide bonds. The fourth-order valence-corrected chi connectivity index (χ4v) is 2.05. The molecule has 0 bridgehead atoms. The Kier molecular flexibility index (Phi) is 4.56. The van der Waals surface area contributed by atoms with Crippen molar-refractivity contribution < 1.29 is 9.53 Å². The number of amides is 1. The smallest absolute Gasteiger partial charge is 0.221 e. The van der Waals surface area contributed by atoms with Gasteiger partial charge >= 0.3 is 0 Å². The molecule has 0 atom stereocenters. The number of hydrogen-bond donors (Lipinski definition) is 1. The van der Waals surface area contributed by atoms with Gasteiger partial charge < -0.3 is 10.1 Å². The predicted octanol–water partition coefficient (Wildman–Crippen LogP) is 4.27. The summed E-state index contributed by atoms with van der Waals surface area (Å²) in [6, 6.07) is 0. The van der Waals surface area contributed by atoms with E-state index in [1.54, 1.807) is 0 Å². The average molecular weight is 303 g/mol. The van der Waals surface area contributed by atoms with Crippen molar-refractivity contribution in [1.82, 2.24) is 0 Å². The maximum Gasteiger partial charge on any atom is 0.221 e. The highest BCUT2D eigenvalue weighted by Crippen LogP contribution is 2.48. The third-order valence-electron chi connectivity index (χ3n) is 1.73. The lowest BCUT2D eigenvalue weighted by Gasteiger charge is -2.15. The Balaban J connectivity index is 3.50. The average Bonchev–Trinajstić information content (AvgIpc) is 2.23. The molecule has 1 rings (SSSR count). The van der Waals surface area contributed by atoms with E-state index in [-0.39, 0.29) is 37.4 Å². The van der Waals surface area contributed by atoms with Crippen molar-refractivity contribution in [1.29, 1.82) is 0 Å². The van der Waals surface area contributed by atoms with Crippen LogP contribution in [0.4, 0.5) is 5.69 Å². The van der Waals surface area contributed by atoms with Gasteiger partial charge in [-0.2, -0.15) is 0 Å². The maximum absolute atomic E-state index is 11.0. The number of hydrogen-bond acceptors (Lipinski definition) is 2. The number of nitrogens with one attached hydrogen (secondary N) is 1. The molecule has 0 saturated heterocycles. The standard InChI is InChI=1S/C9H7Cl4NO2/c1-3(15)14-8-6(12)4(10)5(11)7(13)9(8)16-2/h1-2H3,(H,14,15). The Hall–Kier alpha value is -0.350. The van der Waals surface area contributed by atoms with Gasteiger partial charge in [0.25, 0.3) is 0 Å². The monoisotopic (exact) mass is 301 g/mol. The molecule has 3 nitrogen and oxygen atoms in total. The van der Waals surface area contributed by atoms with Gasteiger partial charge in [-0.15, -0.1) is 0 Å². The fourth-order valence-electron chi connectivity index (χ4n) is 1.09. The van der Waals surface area contributed by atoms with Gasteiger partial charge in [0.1, 0.15) is 10.7 Å². The molecule has 88 valence electrons. The molecule has 0 aliphatic rings. The first kappa shape index (κ1) is 13.7. The molecule has 0 radical (unpaired) electrons. The van der Waals surface area contributed by atoms with Crippen LogP contribution in [-0.4, -0.2) is 13.0 Å². The van der Waals surface area contributed by atoms with Gasteiger partial charge in [0.2, 0.25) is 5.91 Å². The minimum atomic E-state index is -0.324. The van der Waals surface area contributed by atoms with Gasteiger partial charge in [-0.3, -0.25) is 4.79 Å². The quantitative estimate of drug-likeness (QED) is 0.654. The first-order valence-corrected chi connectivity index (χ1v) is 5.58. The summed E-state index contributed by atoms with van der Waals surface area (Å²) < 4.78 is 5.02. The maximum atomic E-state index is 11.0. The number of ether oxygens (including phenoxy) is 1. The van der Waals surface area contributed by atoms with E-state index < -0.39 is 0 Å². The molecule has 0 aliphatic carbocycles. The molecule has 0 saturated carbocycles. The molecular formula is C9H7Cl4NO2. The van der Waals surface area contributed by atoms with Crippen LogP contribution in [0.25, 0.3) is 0 Å². The predicted molar refractivity (Wildman–Crippen MR) is 67.3 cm³/mol. The van der Waals surface area contributed by atoms with Gasteiger partial charge in [0, 0.05) is 6.92 Å². The van der Waals surface area contributed by atoms with Crippen LogP contribution in [0.2, 0.25) is 20.1 Å². The molecule has 1 aromatic rings. The summed E-state index contributed by atoms with van der Waals surface area (Å²) in [5.74, 6) is -0.147. The number of carbonyl (C=O) groups excluding carboxylic acids is 1. The van der Waals surface area contributed by atoms with Crippen LogP contribution in [-0.2, 0) is 4.79 Å². The van der Waals surface area contributed by atoms with Crippen LogP contribution in [0.3, 0.4) is 0 Å². The minimum absolute atomic E-state index is 0.0675. The van der Waals surface area contributed by atoms with Crippen molar-refractivity contribution in [2.75, 3.05) is 12.4 Å². The van der Waals surface area contributed by atoms with E-state index in [2.05, 4.69) is 5.32 Å². The van der Waals surface area contributed by atoms with Crippen molar-refractivity contribution >= 4 is 58.0 Å². The molecule has 0 heterocycles. The lowest BCUT2D eigenvalue weighted by Crippen LogP contribution is -2.08. The summed E-state index contributed by atoms with van der Waals surface area (Å²) in [7, 11) is 1.38. The Morgan fingerprint density at radius 1 is 1.06 bits per heavy atom. The van der Waals surface area contributed by atoms with Crippen molar-refractivity contribution in [3.63, 3.8) is 0 Å². The van der Waals surface area contributed by atoms with Gasteiger partial charge in [-0.1, -0.05) is 46.4 Å². The Morgan fingerprint density at radius 2 is 1.56 bits per heavy atom. The lowest BCUT2D eigenvalue weighted by molar-refractivity contribution is -0.114. The van der Waals surface area contributed by atoms with Crippen LogP contribution in [0.5, 0.6) is 5.75 Å². The topological polar surface area (TPSA) is 38.3 Å². The molecule has 0 aromatic heterocycles. The molecule has 0 fully saturated rings. The zero-order valence-electron chi connectivity index (χ0n) is 8.33.